The topological polar surface area (TPSA) is 190 Å². The minimum absolute atomic E-state index is 0.0748. The highest BCUT2D eigenvalue weighted by Gasteiger charge is 2.38. The summed E-state index contributed by atoms with van der Waals surface area (Å²) in [5.41, 5.74) is 0.439. The van der Waals surface area contributed by atoms with E-state index in [4.69, 9.17) is 9.26 Å². The number of amides is 2. The third kappa shape index (κ3) is 4.47. The summed E-state index contributed by atoms with van der Waals surface area (Å²) in [7, 11) is -7.33. The first kappa shape index (κ1) is 23.3. The van der Waals surface area contributed by atoms with Gasteiger partial charge >= 0.3 is 0 Å². The Morgan fingerprint density at radius 3 is 2.74 bits per heavy atom. The number of aromatic nitrogens is 2. The van der Waals surface area contributed by atoms with Crippen molar-refractivity contribution in [3.63, 3.8) is 0 Å². The van der Waals surface area contributed by atoms with Gasteiger partial charge in [-0.1, -0.05) is 5.16 Å². The molecule has 15 heteroatoms. The third-order valence-electron chi connectivity index (χ3n) is 4.96. The van der Waals surface area contributed by atoms with Gasteiger partial charge in [0.2, 0.25) is 5.91 Å². The van der Waals surface area contributed by atoms with Crippen molar-refractivity contribution in [3.05, 3.63) is 53.5 Å². The lowest BCUT2D eigenvalue weighted by molar-refractivity contribution is -0.121. The molecule has 0 unspecified atom stereocenters. The molecule has 0 aliphatic carbocycles. The molecule has 2 amide bonds. The lowest BCUT2D eigenvalue weighted by atomic mass is 10.0. The molecule has 0 radical (unpaired) electrons. The predicted octanol–water partition coefficient (Wildman–Crippen LogP) is 0.493. The molecular weight excluding hydrogens is 490 g/mol. The summed E-state index contributed by atoms with van der Waals surface area (Å²) in [4.78, 5) is 27.2. The molecule has 3 heterocycles. The number of carbonyl (C=O) groups excluding carboxylic acids is 2. The Labute approximate surface area is 194 Å². The Morgan fingerprint density at radius 2 is 2.09 bits per heavy atom. The van der Waals surface area contributed by atoms with E-state index in [0.717, 1.165) is 24.0 Å². The lowest BCUT2D eigenvalue weighted by Gasteiger charge is -2.17. The fourth-order valence-corrected chi connectivity index (χ4v) is 5.57. The third-order valence-corrected chi connectivity index (χ3v) is 7.54. The zero-order chi connectivity index (χ0) is 24.5. The smallest absolute Gasteiger partial charge is 0.298 e. The quantitative estimate of drug-likeness (QED) is 0.318. The molecule has 13 nitrogen and oxygen atoms in total. The van der Waals surface area contributed by atoms with Crippen molar-refractivity contribution in [2.45, 2.75) is 29.4 Å². The molecule has 2 aromatic heterocycles. The van der Waals surface area contributed by atoms with Crippen molar-refractivity contribution in [2.75, 3.05) is 11.8 Å². The SMILES string of the molecule is COc1c(CCC(=O)NCc2ccc[nH]2)c(NS(=O)(=O)c2ccno2)cc2c1C(=O)NS2(=O)=O. The van der Waals surface area contributed by atoms with Crippen LogP contribution in [0.25, 0.3) is 0 Å². The molecule has 1 aromatic carbocycles. The van der Waals surface area contributed by atoms with E-state index >= 15 is 0 Å². The van der Waals surface area contributed by atoms with Crippen LogP contribution in [0.3, 0.4) is 0 Å². The van der Waals surface area contributed by atoms with Crippen LogP contribution < -0.4 is 19.5 Å². The molecule has 0 fully saturated rings. The van der Waals surface area contributed by atoms with E-state index in [0.29, 0.717) is 0 Å². The second-order valence-corrected chi connectivity index (χ2v) is 10.4. The largest absolute Gasteiger partial charge is 0.496 e. The van der Waals surface area contributed by atoms with Crippen molar-refractivity contribution in [2.24, 2.45) is 0 Å². The summed E-state index contributed by atoms with van der Waals surface area (Å²) >= 11 is 0. The number of hydrogen-bond donors (Lipinski definition) is 4. The Hall–Kier alpha value is -3.85. The van der Waals surface area contributed by atoms with E-state index in [1.54, 1.807) is 18.3 Å². The van der Waals surface area contributed by atoms with Gasteiger partial charge < -0.3 is 19.6 Å². The Kier molecular flexibility index (Phi) is 6.05. The van der Waals surface area contributed by atoms with E-state index < -0.39 is 35.9 Å². The van der Waals surface area contributed by atoms with Gasteiger partial charge in [0.1, 0.15) is 16.2 Å². The number of carbonyl (C=O) groups is 2. The lowest BCUT2D eigenvalue weighted by Crippen LogP contribution is -2.23. The molecule has 0 bridgehead atoms. The van der Waals surface area contributed by atoms with Crippen LogP contribution in [0, 0.1) is 0 Å². The summed E-state index contributed by atoms with van der Waals surface area (Å²) in [6.45, 7) is 0.249. The summed E-state index contributed by atoms with van der Waals surface area (Å²) in [5, 5.41) is 5.55. The molecule has 0 spiro atoms. The first-order valence-electron chi connectivity index (χ1n) is 9.76. The molecule has 180 valence electrons. The maximum Gasteiger partial charge on any atom is 0.298 e. The highest BCUT2D eigenvalue weighted by atomic mass is 32.2. The first-order valence-corrected chi connectivity index (χ1v) is 12.7. The van der Waals surface area contributed by atoms with Crippen LogP contribution in [0.2, 0.25) is 0 Å². The molecule has 1 aliphatic heterocycles. The number of nitrogens with zero attached hydrogens (tertiary/aromatic N) is 1. The number of ether oxygens (including phenoxy) is 1. The monoisotopic (exact) mass is 509 g/mol. The normalized spacial score (nSPS) is 14.3. The maximum absolute atomic E-state index is 12.7. The van der Waals surface area contributed by atoms with Gasteiger partial charge in [0, 0.05) is 29.9 Å². The van der Waals surface area contributed by atoms with Crippen LogP contribution in [0.1, 0.15) is 28.0 Å². The molecule has 4 rings (SSSR count). The van der Waals surface area contributed by atoms with E-state index in [-0.39, 0.29) is 47.9 Å². The number of rotatable bonds is 9. The van der Waals surface area contributed by atoms with Gasteiger partial charge in [0.25, 0.3) is 31.0 Å². The average molecular weight is 510 g/mol. The number of methoxy groups -OCH3 is 1. The van der Waals surface area contributed by atoms with Crippen LogP contribution >= 0.6 is 0 Å². The summed E-state index contributed by atoms with van der Waals surface area (Å²) in [5.74, 6) is -1.45. The van der Waals surface area contributed by atoms with Gasteiger partial charge in [0.15, 0.2) is 0 Å². The van der Waals surface area contributed by atoms with E-state index in [9.17, 15) is 26.4 Å². The van der Waals surface area contributed by atoms with E-state index in [2.05, 4.69) is 20.2 Å². The number of benzene rings is 1. The average Bonchev–Trinajstić information content (AvgIpc) is 3.52. The maximum atomic E-state index is 12.7. The molecular formula is C19H19N5O8S2. The van der Waals surface area contributed by atoms with Gasteiger partial charge in [-0.25, -0.2) is 13.1 Å². The first-order chi connectivity index (χ1) is 16.1. The van der Waals surface area contributed by atoms with E-state index in [1.165, 1.54) is 7.11 Å². The Morgan fingerprint density at radius 1 is 1.29 bits per heavy atom. The highest BCUT2D eigenvalue weighted by Crippen LogP contribution is 2.40. The fourth-order valence-electron chi connectivity index (χ4n) is 3.43. The minimum atomic E-state index is -4.30. The zero-order valence-electron chi connectivity index (χ0n) is 17.6. The van der Waals surface area contributed by atoms with Crippen molar-refractivity contribution < 1.29 is 35.7 Å². The number of nitrogens with one attached hydrogen (secondary N) is 4. The van der Waals surface area contributed by atoms with Crippen molar-refractivity contribution in [3.8, 4) is 5.75 Å². The summed E-state index contributed by atoms with van der Waals surface area (Å²) in [6, 6.07) is 5.68. The van der Waals surface area contributed by atoms with Gasteiger partial charge in [-0.15, -0.1) is 0 Å². The van der Waals surface area contributed by atoms with Crippen molar-refractivity contribution in [1.82, 2.24) is 20.2 Å². The summed E-state index contributed by atoms with van der Waals surface area (Å²) < 4.78 is 64.3. The van der Waals surface area contributed by atoms with Gasteiger partial charge in [-0.2, -0.15) is 8.42 Å². The highest BCUT2D eigenvalue weighted by molar-refractivity contribution is 7.92. The number of hydrogen-bond acceptors (Lipinski definition) is 9. The number of aromatic amines is 1. The second kappa shape index (κ2) is 8.83. The van der Waals surface area contributed by atoms with Gasteiger partial charge in [-0.3, -0.25) is 14.3 Å². The van der Waals surface area contributed by atoms with Crippen molar-refractivity contribution in [1.29, 1.82) is 0 Å². The molecule has 0 saturated heterocycles. The Balaban J connectivity index is 1.70. The standard InChI is InChI=1S/C19H19N5O8S2/c1-31-18-12(4-5-15(25)21-10-11-3-2-7-20-11)13(23-34(29,30)16-6-8-22-32-16)9-14-17(18)19(26)24-33(14,27)28/h2-3,6-9,20,23H,4-5,10H2,1H3,(H,21,25)(H,24,26). The van der Waals surface area contributed by atoms with Crippen LogP contribution in [0.5, 0.6) is 5.75 Å². The molecule has 34 heavy (non-hydrogen) atoms. The second-order valence-electron chi connectivity index (χ2n) is 7.15. The van der Waals surface area contributed by atoms with Gasteiger partial charge in [-0.05, 0) is 24.6 Å². The Bertz CT molecular complexity index is 1450. The van der Waals surface area contributed by atoms with E-state index in [1.807, 2.05) is 4.72 Å². The van der Waals surface area contributed by atoms with Crippen molar-refractivity contribution >= 4 is 37.5 Å². The molecule has 3 aromatic rings. The fraction of sp³-hybridized carbons (Fsp3) is 0.211. The van der Waals surface area contributed by atoms with Gasteiger partial charge in [0.05, 0.1) is 25.5 Å². The predicted molar refractivity (Wildman–Crippen MR) is 116 cm³/mol. The molecule has 1 aliphatic rings. The zero-order valence-corrected chi connectivity index (χ0v) is 19.2. The molecule has 4 N–H and O–H groups in total. The number of sulfonamides is 2. The summed E-state index contributed by atoms with van der Waals surface area (Å²) in [6.07, 6.45) is 2.65. The van der Waals surface area contributed by atoms with Crippen LogP contribution in [0.15, 0.2) is 51.2 Å². The number of fused-ring (bicyclic) bond motifs is 1. The minimum Gasteiger partial charge on any atom is -0.496 e. The van der Waals surface area contributed by atoms with Crippen LogP contribution in [0.4, 0.5) is 5.69 Å². The number of anilines is 1. The molecule has 0 atom stereocenters. The van der Waals surface area contributed by atoms with Crippen LogP contribution in [-0.4, -0.2) is 45.9 Å². The molecule has 0 saturated carbocycles. The number of H-pyrrole nitrogens is 1. The van der Waals surface area contributed by atoms with Crippen LogP contribution in [-0.2, 0) is 37.8 Å².